The van der Waals surface area contributed by atoms with Crippen molar-refractivity contribution in [2.24, 2.45) is 0 Å². The zero-order chi connectivity index (χ0) is 12.5. The Hall–Kier alpha value is -0.940. The second kappa shape index (κ2) is 5.80. The van der Waals surface area contributed by atoms with Crippen LogP contribution in [0.3, 0.4) is 0 Å². The summed E-state index contributed by atoms with van der Waals surface area (Å²) in [6, 6.07) is 3.94. The van der Waals surface area contributed by atoms with Crippen molar-refractivity contribution in [3.05, 3.63) is 29.3 Å². The highest BCUT2D eigenvalue weighted by molar-refractivity contribution is 5.85. The highest BCUT2D eigenvalue weighted by Crippen LogP contribution is 2.35. The summed E-state index contributed by atoms with van der Waals surface area (Å²) in [5.41, 5.74) is 0.0559. The van der Waals surface area contributed by atoms with Crippen molar-refractivity contribution in [2.45, 2.75) is 18.5 Å². The van der Waals surface area contributed by atoms with Crippen molar-refractivity contribution in [3.8, 4) is 5.75 Å². The molecule has 18 heavy (non-hydrogen) atoms. The van der Waals surface area contributed by atoms with Gasteiger partial charge in [0.25, 0.3) is 0 Å². The number of nitrogens with one attached hydrogen (secondary N) is 1. The van der Waals surface area contributed by atoms with E-state index < -0.39 is 11.7 Å². The third kappa shape index (κ3) is 3.29. The maximum atomic E-state index is 12.7. The number of hydrogen-bond donors (Lipinski definition) is 1. The molecule has 1 fully saturated rings. The lowest BCUT2D eigenvalue weighted by molar-refractivity contribution is -0.137. The van der Waals surface area contributed by atoms with Crippen LogP contribution in [-0.4, -0.2) is 20.2 Å². The van der Waals surface area contributed by atoms with Crippen molar-refractivity contribution in [3.63, 3.8) is 0 Å². The third-order valence-electron chi connectivity index (χ3n) is 3.02. The minimum Gasteiger partial charge on any atom is -0.497 e. The molecule has 1 N–H and O–H groups in total. The van der Waals surface area contributed by atoms with Crippen LogP contribution in [0.5, 0.6) is 5.75 Å². The summed E-state index contributed by atoms with van der Waals surface area (Å²) < 4.78 is 43.0. The number of benzene rings is 1. The van der Waals surface area contributed by atoms with Crippen LogP contribution in [0.2, 0.25) is 0 Å². The average molecular weight is 282 g/mol. The molecule has 1 saturated heterocycles. The molecule has 0 aromatic heterocycles. The van der Waals surface area contributed by atoms with Crippen molar-refractivity contribution >= 4 is 12.4 Å². The SMILES string of the molecule is COc1cc(C2CCNC2)cc(C(F)(F)F)c1.Cl. The Balaban J connectivity index is 0.00000162. The van der Waals surface area contributed by atoms with Crippen LogP contribution >= 0.6 is 12.4 Å². The Morgan fingerprint density at radius 3 is 2.50 bits per heavy atom. The van der Waals surface area contributed by atoms with Gasteiger partial charge in [-0.25, -0.2) is 0 Å². The van der Waals surface area contributed by atoms with Crippen molar-refractivity contribution in [2.75, 3.05) is 20.2 Å². The molecule has 1 aromatic carbocycles. The maximum Gasteiger partial charge on any atom is 0.416 e. The van der Waals surface area contributed by atoms with Gasteiger partial charge in [-0.1, -0.05) is 0 Å². The Labute approximate surface area is 110 Å². The zero-order valence-electron chi connectivity index (χ0n) is 9.88. The standard InChI is InChI=1S/C12H14F3NO.ClH/c1-17-11-5-9(8-2-3-16-7-8)4-10(6-11)12(13,14)15;/h4-6,8,16H,2-3,7H2,1H3;1H. The molecule has 2 nitrogen and oxygen atoms in total. The van der Waals surface area contributed by atoms with Gasteiger partial charge in [0.2, 0.25) is 0 Å². The number of rotatable bonds is 2. The van der Waals surface area contributed by atoms with Gasteiger partial charge in [0.1, 0.15) is 5.75 Å². The van der Waals surface area contributed by atoms with Gasteiger partial charge in [-0.2, -0.15) is 13.2 Å². The molecule has 0 spiro atoms. The molecule has 1 atom stereocenters. The molecule has 2 rings (SSSR count). The van der Waals surface area contributed by atoms with E-state index in [1.165, 1.54) is 13.2 Å². The van der Waals surface area contributed by atoms with E-state index in [-0.39, 0.29) is 24.1 Å². The van der Waals surface area contributed by atoms with Crippen LogP contribution in [0.4, 0.5) is 13.2 Å². The van der Waals surface area contributed by atoms with Gasteiger partial charge in [0.15, 0.2) is 0 Å². The fourth-order valence-corrected chi connectivity index (χ4v) is 2.08. The van der Waals surface area contributed by atoms with E-state index in [9.17, 15) is 13.2 Å². The molecule has 1 aliphatic rings. The van der Waals surface area contributed by atoms with E-state index in [0.717, 1.165) is 25.6 Å². The summed E-state index contributed by atoms with van der Waals surface area (Å²) in [6.45, 7) is 1.58. The molecular formula is C12H15ClF3NO. The molecule has 0 aliphatic carbocycles. The van der Waals surface area contributed by atoms with Crippen LogP contribution in [-0.2, 0) is 6.18 Å². The van der Waals surface area contributed by atoms with Gasteiger partial charge in [-0.05, 0) is 42.6 Å². The van der Waals surface area contributed by atoms with E-state index in [4.69, 9.17) is 4.74 Å². The third-order valence-corrected chi connectivity index (χ3v) is 3.02. The van der Waals surface area contributed by atoms with Crippen LogP contribution < -0.4 is 10.1 Å². The molecule has 6 heteroatoms. The van der Waals surface area contributed by atoms with Crippen LogP contribution in [0.15, 0.2) is 18.2 Å². The molecule has 1 unspecified atom stereocenters. The Bertz CT molecular complexity index is 403. The van der Waals surface area contributed by atoms with Gasteiger partial charge in [-0.3, -0.25) is 0 Å². The van der Waals surface area contributed by atoms with Gasteiger partial charge in [0, 0.05) is 6.54 Å². The summed E-state index contributed by atoms with van der Waals surface area (Å²) in [6.07, 6.45) is -3.46. The molecule has 0 radical (unpaired) electrons. The molecule has 1 aromatic rings. The van der Waals surface area contributed by atoms with E-state index in [1.54, 1.807) is 6.07 Å². The highest BCUT2D eigenvalue weighted by Gasteiger charge is 2.32. The number of methoxy groups -OCH3 is 1. The normalized spacial score (nSPS) is 19.4. The largest absolute Gasteiger partial charge is 0.497 e. The first-order valence-electron chi connectivity index (χ1n) is 5.47. The lowest BCUT2D eigenvalue weighted by Crippen LogP contribution is -2.10. The Kier molecular flexibility index (Phi) is 4.87. The first kappa shape index (κ1) is 15.1. The highest BCUT2D eigenvalue weighted by atomic mass is 35.5. The average Bonchev–Trinajstić information content (AvgIpc) is 2.80. The maximum absolute atomic E-state index is 12.7. The van der Waals surface area contributed by atoms with Gasteiger partial charge in [-0.15, -0.1) is 12.4 Å². The quantitative estimate of drug-likeness (QED) is 0.899. The first-order valence-corrected chi connectivity index (χ1v) is 5.47. The summed E-state index contributed by atoms with van der Waals surface area (Å²) >= 11 is 0. The molecule has 0 saturated carbocycles. The topological polar surface area (TPSA) is 21.3 Å². The smallest absolute Gasteiger partial charge is 0.416 e. The zero-order valence-corrected chi connectivity index (χ0v) is 10.7. The van der Waals surface area contributed by atoms with E-state index in [2.05, 4.69) is 5.32 Å². The van der Waals surface area contributed by atoms with Gasteiger partial charge < -0.3 is 10.1 Å². The van der Waals surface area contributed by atoms with Gasteiger partial charge >= 0.3 is 6.18 Å². The second-order valence-electron chi connectivity index (χ2n) is 4.18. The Morgan fingerprint density at radius 2 is 2.00 bits per heavy atom. The minimum absolute atomic E-state index is 0. The first-order chi connectivity index (χ1) is 8.00. The summed E-state index contributed by atoms with van der Waals surface area (Å²) in [7, 11) is 1.38. The minimum atomic E-state index is -4.32. The lowest BCUT2D eigenvalue weighted by Gasteiger charge is -2.15. The van der Waals surface area contributed by atoms with E-state index >= 15 is 0 Å². The number of ether oxygens (including phenoxy) is 1. The number of alkyl halides is 3. The summed E-state index contributed by atoms with van der Waals surface area (Å²) in [4.78, 5) is 0. The predicted molar refractivity (Wildman–Crippen MR) is 65.5 cm³/mol. The molecule has 102 valence electrons. The van der Waals surface area contributed by atoms with Crippen LogP contribution in [0.1, 0.15) is 23.5 Å². The molecular weight excluding hydrogens is 267 g/mol. The number of halogens is 4. The molecule has 1 aliphatic heterocycles. The monoisotopic (exact) mass is 281 g/mol. The van der Waals surface area contributed by atoms with Gasteiger partial charge in [0.05, 0.1) is 12.7 Å². The molecule has 1 heterocycles. The molecule has 0 amide bonds. The van der Waals surface area contributed by atoms with E-state index in [0.29, 0.717) is 5.56 Å². The van der Waals surface area contributed by atoms with Crippen LogP contribution in [0, 0.1) is 0 Å². The lowest BCUT2D eigenvalue weighted by atomic mass is 9.96. The predicted octanol–water partition coefficient (Wildman–Crippen LogP) is 3.21. The summed E-state index contributed by atoms with van der Waals surface area (Å²) in [5, 5.41) is 3.14. The fraction of sp³-hybridized carbons (Fsp3) is 0.500. The molecule has 0 bridgehead atoms. The Morgan fingerprint density at radius 1 is 1.28 bits per heavy atom. The second-order valence-corrected chi connectivity index (χ2v) is 4.18. The number of hydrogen-bond acceptors (Lipinski definition) is 2. The van der Waals surface area contributed by atoms with Crippen LogP contribution in [0.25, 0.3) is 0 Å². The van der Waals surface area contributed by atoms with E-state index in [1.807, 2.05) is 0 Å². The summed E-state index contributed by atoms with van der Waals surface area (Å²) in [5.74, 6) is 0.410. The van der Waals surface area contributed by atoms with Crippen molar-refractivity contribution < 1.29 is 17.9 Å². The fourth-order valence-electron chi connectivity index (χ4n) is 2.08. The van der Waals surface area contributed by atoms with Crippen molar-refractivity contribution in [1.29, 1.82) is 0 Å². The van der Waals surface area contributed by atoms with Crippen molar-refractivity contribution in [1.82, 2.24) is 5.32 Å².